The quantitative estimate of drug-likeness (QED) is 0.374. The van der Waals surface area contributed by atoms with Crippen molar-refractivity contribution in [3.8, 4) is 5.75 Å². The highest BCUT2D eigenvalue weighted by Gasteiger charge is 2.47. The summed E-state index contributed by atoms with van der Waals surface area (Å²) in [5.74, 6) is -2.59. The first-order valence-corrected chi connectivity index (χ1v) is 9.95. The van der Waals surface area contributed by atoms with Gasteiger partial charge in [-0.1, -0.05) is 12.1 Å². The van der Waals surface area contributed by atoms with Crippen LogP contribution in [0.1, 0.15) is 28.3 Å². The zero-order chi connectivity index (χ0) is 23.0. The topological polar surface area (TPSA) is 79.7 Å². The summed E-state index contributed by atoms with van der Waals surface area (Å²) in [7, 11) is 1.37. The molecule has 1 unspecified atom stereocenters. The minimum atomic E-state index is -0.925. The van der Waals surface area contributed by atoms with Crippen LogP contribution in [0.4, 0.5) is 10.1 Å². The first-order chi connectivity index (χ1) is 15.3. The van der Waals surface area contributed by atoms with Gasteiger partial charge < -0.3 is 9.84 Å². The Morgan fingerprint density at radius 3 is 2.47 bits per heavy atom. The number of Topliss-reactive ketones (excluding diaryl/α,β-unsaturated/α-hetero) is 1. The van der Waals surface area contributed by atoms with E-state index >= 15 is 0 Å². The summed E-state index contributed by atoms with van der Waals surface area (Å²) in [4.78, 5) is 31.8. The lowest BCUT2D eigenvalue weighted by Crippen LogP contribution is -2.30. The van der Waals surface area contributed by atoms with Gasteiger partial charge in [0.05, 0.1) is 24.3 Å². The lowest BCUT2D eigenvalue weighted by atomic mass is 9.95. The zero-order valence-corrected chi connectivity index (χ0v) is 17.8. The highest BCUT2D eigenvalue weighted by atomic mass is 19.1. The van der Waals surface area contributed by atoms with Crippen LogP contribution < -0.4 is 9.64 Å². The molecule has 32 heavy (non-hydrogen) atoms. The van der Waals surface area contributed by atoms with Gasteiger partial charge in [0.15, 0.2) is 0 Å². The monoisotopic (exact) mass is 432 g/mol. The Bertz CT molecular complexity index is 1250. The molecule has 1 fully saturated rings. The van der Waals surface area contributed by atoms with Crippen molar-refractivity contribution in [2.75, 3.05) is 12.0 Å². The van der Waals surface area contributed by atoms with Crippen LogP contribution in [0.25, 0.3) is 5.76 Å². The molecular weight excluding hydrogens is 411 g/mol. The number of carbonyl (C=O) groups is 2. The summed E-state index contributed by atoms with van der Waals surface area (Å²) in [6.07, 6.45) is 3.09. The second-order valence-corrected chi connectivity index (χ2v) is 7.58. The third kappa shape index (κ3) is 3.51. The third-order valence-electron chi connectivity index (χ3n) is 5.51. The Morgan fingerprint density at radius 2 is 1.78 bits per heavy atom. The number of ether oxygens (including phenoxy) is 1. The Balaban J connectivity index is 2.01. The van der Waals surface area contributed by atoms with Crippen molar-refractivity contribution in [3.05, 3.63) is 94.6 Å². The first kappa shape index (κ1) is 21.2. The van der Waals surface area contributed by atoms with Gasteiger partial charge in [-0.15, -0.1) is 0 Å². The second-order valence-electron chi connectivity index (χ2n) is 7.58. The van der Waals surface area contributed by atoms with Crippen molar-refractivity contribution in [2.24, 2.45) is 0 Å². The van der Waals surface area contributed by atoms with Crippen LogP contribution in [0, 0.1) is 19.7 Å². The third-order valence-corrected chi connectivity index (χ3v) is 5.51. The van der Waals surface area contributed by atoms with E-state index in [0.717, 1.165) is 17.2 Å². The van der Waals surface area contributed by atoms with E-state index in [9.17, 15) is 19.1 Å². The molecule has 7 heteroatoms. The maximum atomic E-state index is 14.0. The van der Waals surface area contributed by atoms with Gasteiger partial charge in [0.25, 0.3) is 11.7 Å². The molecule has 1 aliphatic heterocycles. The van der Waals surface area contributed by atoms with Crippen LogP contribution in [-0.2, 0) is 9.59 Å². The Morgan fingerprint density at radius 1 is 1.06 bits per heavy atom. The Labute approximate surface area is 184 Å². The average Bonchev–Trinajstić information content (AvgIpc) is 3.06. The summed E-state index contributed by atoms with van der Waals surface area (Å²) >= 11 is 0. The van der Waals surface area contributed by atoms with Gasteiger partial charge in [-0.05, 0) is 66.9 Å². The SMILES string of the molecule is COc1ccc(F)cc1/C(O)=C1\C(=O)C(=O)N(c2cc(C)ccc2C)C1c1ccncc1. The number of hydrogen-bond donors (Lipinski definition) is 1. The van der Waals surface area contributed by atoms with Crippen molar-refractivity contribution >= 4 is 23.1 Å². The standard InChI is InChI=1S/C25H21FN2O4/c1-14-4-5-15(2)19(12-14)28-22(16-8-10-27-11-9-16)21(24(30)25(28)31)23(29)18-13-17(26)6-7-20(18)32-3/h4-13,22,29H,1-3H3/b23-21+. The molecule has 6 nitrogen and oxygen atoms in total. The maximum absolute atomic E-state index is 14.0. The van der Waals surface area contributed by atoms with Gasteiger partial charge >= 0.3 is 0 Å². The number of aryl methyl sites for hydroxylation is 2. The molecule has 0 saturated carbocycles. The minimum absolute atomic E-state index is 0.00878. The van der Waals surface area contributed by atoms with Gasteiger partial charge in [0.1, 0.15) is 17.3 Å². The molecule has 2 aromatic carbocycles. The number of aliphatic hydroxyl groups is 1. The summed E-state index contributed by atoms with van der Waals surface area (Å²) in [6.45, 7) is 3.73. The van der Waals surface area contributed by atoms with Crippen molar-refractivity contribution in [3.63, 3.8) is 0 Å². The predicted octanol–water partition coefficient (Wildman–Crippen LogP) is 4.47. The maximum Gasteiger partial charge on any atom is 0.300 e. The van der Waals surface area contributed by atoms with Crippen LogP contribution in [-0.4, -0.2) is 28.9 Å². The number of amides is 1. The van der Waals surface area contributed by atoms with E-state index in [2.05, 4.69) is 4.98 Å². The zero-order valence-electron chi connectivity index (χ0n) is 17.8. The van der Waals surface area contributed by atoms with Crippen LogP contribution in [0.3, 0.4) is 0 Å². The number of ketones is 1. The number of anilines is 1. The van der Waals surface area contributed by atoms with Crippen molar-refractivity contribution in [1.29, 1.82) is 0 Å². The van der Waals surface area contributed by atoms with Gasteiger partial charge in [0.2, 0.25) is 0 Å². The van der Waals surface area contributed by atoms with E-state index in [4.69, 9.17) is 4.74 Å². The lowest BCUT2D eigenvalue weighted by Gasteiger charge is -2.27. The van der Waals surface area contributed by atoms with Gasteiger partial charge in [0, 0.05) is 18.1 Å². The predicted molar refractivity (Wildman–Crippen MR) is 118 cm³/mol. The van der Waals surface area contributed by atoms with Crippen LogP contribution >= 0.6 is 0 Å². The highest BCUT2D eigenvalue weighted by molar-refractivity contribution is 6.51. The summed E-state index contributed by atoms with van der Waals surface area (Å²) < 4.78 is 19.3. The number of nitrogens with zero attached hydrogens (tertiary/aromatic N) is 2. The molecule has 0 spiro atoms. The molecule has 1 N–H and O–H groups in total. The van der Waals surface area contributed by atoms with E-state index in [1.165, 1.54) is 24.1 Å². The number of aromatic nitrogens is 1. The lowest BCUT2D eigenvalue weighted by molar-refractivity contribution is -0.132. The molecule has 0 bridgehead atoms. The van der Waals surface area contributed by atoms with Gasteiger partial charge in [-0.25, -0.2) is 4.39 Å². The fourth-order valence-corrected chi connectivity index (χ4v) is 3.93. The number of halogens is 1. The fraction of sp³-hybridized carbons (Fsp3) is 0.160. The van der Waals surface area contributed by atoms with E-state index in [0.29, 0.717) is 11.3 Å². The minimum Gasteiger partial charge on any atom is -0.507 e. The fourth-order valence-electron chi connectivity index (χ4n) is 3.93. The van der Waals surface area contributed by atoms with Gasteiger partial charge in [-0.2, -0.15) is 0 Å². The summed E-state index contributed by atoms with van der Waals surface area (Å²) in [5, 5.41) is 11.2. The molecule has 1 amide bonds. The number of aliphatic hydroxyl groups excluding tert-OH is 1. The molecule has 1 aromatic heterocycles. The normalized spacial score (nSPS) is 17.6. The molecule has 3 aromatic rings. The Kier molecular flexibility index (Phi) is 5.48. The Hall–Kier alpha value is -4.00. The largest absolute Gasteiger partial charge is 0.507 e. The van der Waals surface area contributed by atoms with Crippen molar-refractivity contribution in [2.45, 2.75) is 19.9 Å². The van der Waals surface area contributed by atoms with E-state index in [-0.39, 0.29) is 16.9 Å². The summed E-state index contributed by atoms with van der Waals surface area (Å²) in [6, 6.07) is 11.6. The van der Waals surface area contributed by atoms with Crippen molar-refractivity contribution in [1.82, 2.24) is 4.98 Å². The highest BCUT2D eigenvalue weighted by Crippen LogP contribution is 2.44. The van der Waals surface area contributed by atoms with E-state index in [1.807, 2.05) is 32.0 Å². The number of rotatable bonds is 4. The van der Waals surface area contributed by atoms with E-state index < -0.39 is 29.3 Å². The molecular formula is C25H21FN2O4. The van der Waals surface area contributed by atoms with E-state index in [1.54, 1.807) is 24.5 Å². The number of pyridine rings is 1. The number of methoxy groups -OCH3 is 1. The molecule has 2 heterocycles. The number of hydrogen-bond acceptors (Lipinski definition) is 5. The van der Waals surface area contributed by atoms with Crippen LogP contribution in [0.15, 0.2) is 66.5 Å². The molecule has 4 rings (SSSR count). The average molecular weight is 432 g/mol. The van der Waals surface area contributed by atoms with Crippen LogP contribution in [0.5, 0.6) is 5.75 Å². The first-order valence-electron chi connectivity index (χ1n) is 9.95. The summed E-state index contributed by atoms with van der Waals surface area (Å²) in [5.41, 5.74) is 2.68. The number of carbonyl (C=O) groups excluding carboxylic acids is 2. The number of benzene rings is 2. The molecule has 0 radical (unpaired) electrons. The van der Waals surface area contributed by atoms with Crippen LogP contribution in [0.2, 0.25) is 0 Å². The molecule has 162 valence electrons. The molecule has 1 aliphatic rings. The second kappa shape index (κ2) is 8.26. The molecule has 1 saturated heterocycles. The smallest absolute Gasteiger partial charge is 0.300 e. The van der Waals surface area contributed by atoms with Gasteiger partial charge in [-0.3, -0.25) is 19.5 Å². The molecule has 1 atom stereocenters. The molecule has 0 aliphatic carbocycles. The van der Waals surface area contributed by atoms with Crippen molar-refractivity contribution < 1.29 is 23.8 Å².